The lowest BCUT2D eigenvalue weighted by Crippen LogP contribution is -2.34. The highest BCUT2D eigenvalue weighted by Crippen LogP contribution is 2.16. The van der Waals surface area contributed by atoms with Crippen molar-refractivity contribution in [1.82, 2.24) is 5.32 Å². The van der Waals surface area contributed by atoms with E-state index in [1.165, 1.54) is 0 Å². The topological polar surface area (TPSA) is 50.4 Å². The molecule has 0 unspecified atom stereocenters. The van der Waals surface area contributed by atoms with E-state index in [1.54, 1.807) is 19.2 Å². The van der Waals surface area contributed by atoms with E-state index in [1.807, 2.05) is 44.2 Å². The zero-order valence-electron chi connectivity index (χ0n) is 12.8. The normalized spacial score (nSPS) is 9.95. The lowest BCUT2D eigenvalue weighted by Gasteiger charge is -2.11. The molecule has 0 aliphatic carbocycles. The molecule has 0 radical (unpaired) electrons. The zero-order chi connectivity index (χ0) is 16.1. The summed E-state index contributed by atoms with van der Waals surface area (Å²) in [5, 5.41) is 5.88. The fourth-order valence-electron chi connectivity index (χ4n) is 1.92. The summed E-state index contributed by atoms with van der Waals surface area (Å²) in [7, 11) is 1.60. The first-order valence-corrected chi connectivity index (χ1v) is 7.24. The number of carbonyl (C=O) groups is 1. The van der Waals surface area contributed by atoms with E-state index in [0.717, 1.165) is 16.8 Å². The fourth-order valence-corrected chi connectivity index (χ4v) is 2.13. The summed E-state index contributed by atoms with van der Waals surface area (Å²) in [5.41, 5.74) is 3.55. The molecular formula is C17H18N2O2S. The Bertz CT molecular complexity index is 714. The van der Waals surface area contributed by atoms with Gasteiger partial charge in [0, 0.05) is 17.3 Å². The molecule has 0 fully saturated rings. The molecule has 114 valence electrons. The molecule has 2 aromatic rings. The van der Waals surface area contributed by atoms with Crippen molar-refractivity contribution in [3.8, 4) is 5.75 Å². The molecule has 0 bridgehead atoms. The molecule has 0 saturated heterocycles. The van der Waals surface area contributed by atoms with Gasteiger partial charge in [-0.25, -0.2) is 0 Å². The second kappa shape index (κ2) is 7.04. The van der Waals surface area contributed by atoms with Crippen LogP contribution in [0.5, 0.6) is 5.75 Å². The highest BCUT2D eigenvalue weighted by atomic mass is 32.1. The number of aryl methyl sites for hydroxylation is 2. The maximum Gasteiger partial charge on any atom is 0.257 e. The molecule has 0 heterocycles. The van der Waals surface area contributed by atoms with Crippen molar-refractivity contribution in [3.63, 3.8) is 0 Å². The molecule has 0 saturated carbocycles. The average Bonchev–Trinajstić information content (AvgIpc) is 2.50. The Morgan fingerprint density at radius 1 is 1.09 bits per heavy atom. The van der Waals surface area contributed by atoms with Crippen LogP contribution in [0.1, 0.15) is 21.5 Å². The molecule has 0 atom stereocenters. The predicted octanol–water partition coefficient (Wildman–Crippen LogP) is 3.44. The Labute approximate surface area is 135 Å². The molecule has 0 aliphatic heterocycles. The largest absolute Gasteiger partial charge is 0.497 e. The third kappa shape index (κ3) is 4.05. The second-order valence-electron chi connectivity index (χ2n) is 4.94. The number of carbonyl (C=O) groups excluding carboxylic acids is 1. The van der Waals surface area contributed by atoms with Crippen LogP contribution in [-0.2, 0) is 0 Å². The minimum absolute atomic E-state index is 0.233. The van der Waals surface area contributed by atoms with Crippen LogP contribution in [0.4, 0.5) is 5.69 Å². The molecule has 2 rings (SSSR count). The van der Waals surface area contributed by atoms with Crippen molar-refractivity contribution in [2.24, 2.45) is 0 Å². The Morgan fingerprint density at radius 3 is 2.55 bits per heavy atom. The van der Waals surface area contributed by atoms with Crippen LogP contribution < -0.4 is 15.4 Å². The first-order chi connectivity index (χ1) is 10.5. The van der Waals surface area contributed by atoms with Gasteiger partial charge in [0.25, 0.3) is 5.91 Å². The van der Waals surface area contributed by atoms with E-state index < -0.39 is 0 Å². The summed E-state index contributed by atoms with van der Waals surface area (Å²) in [5.74, 6) is 0.483. The van der Waals surface area contributed by atoms with Crippen LogP contribution in [0.2, 0.25) is 0 Å². The SMILES string of the molecule is COc1cccc(NC(=S)NC(=O)c2ccc(C)c(C)c2)c1. The number of nitrogens with one attached hydrogen (secondary N) is 2. The molecule has 2 N–H and O–H groups in total. The Balaban J connectivity index is 2.01. The van der Waals surface area contributed by atoms with Gasteiger partial charge in [-0.05, 0) is 61.5 Å². The first kappa shape index (κ1) is 16.0. The van der Waals surface area contributed by atoms with Crippen molar-refractivity contribution in [3.05, 3.63) is 59.2 Å². The number of anilines is 1. The molecule has 22 heavy (non-hydrogen) atoms. The van der Waals surface area contributed by atoms with Crippen molar-refractivity contribution in [1.29, 1.82) is 0 Å². The average molecular weight is 314 g/mol. The van der Waals surface area contributed by atoms with E-state index in [-0.39, 0.29) is 11.0 Å². The van der Waals surface area contributed by atoms with Gasteiger partial charge in [-0.2, -0.15) is 0 Å². The molecule has 2 aromatic carbocycles. The number of amides is 1. The van der Waals surface area contributed by atoms with Gasteiger partial charge >= 0.3 is 0 Å². The molecule has 5 heteroatoms. The maximum absolute atomic E-state index is 12.2. The third-order valence-corrected chi connectivity index (χ3v) is 3.53. The minimum atomic E-state index is -0.233. The summed E-state index contributed by atoms with van der Waals surface area (Å²) in [6.07, 6.45) is 0. The van der Waals surface area contributed by atoms with Gasteiger partial charge in [-0.1, -0.05) is 12.1 Å². The molecule has 0 spiro atoms. The monoisotopic (exact) mass is 314 g/mol. The maximum atomic E-state index is 12.2. The van der Waals surface area contributed by atoms with E-state index in [9.17, 15) is 4.79 Å². The molecule has 4 nitrogen and oxygen atoms in total. The number of hydrogen-bond acceptors (Lipinski definition) is 3. The number of rotatable bonds is 3. The molecule has 0 aliphatic rings. The summed E-state index contributed by atoms with van der Waals surface area (Å²) < 4.78 is 5.14. The van der Waals surface area contributed by atoms with Gasteiger partial charge in [-0.3, -0.25) is 10.1 Å². The number of thiocarbonyl (C=S) groups is 1. The molecule has 1 amide bonds. The summed E-state index contributed by atoms with van der Waals surface area (Å²) in [6.45, 7) is 3.98. The zero-order valence-corrected chi connectivity index (χ0v) is 13.6. The minimum Gasteiger partial charge on any atom is -0.497 e. The van der Waals surface area contributed by atoms with Crippen molar-refractivity contribution >= 4 is 28.9 Å². The standard InChI is InChI=1S/C17H18N2O2S/c1-11-7-8-13(9-12(11)2)16(20)19-17(22)18-14-5-4-6-15(10-14)21-3/h4-10H,1-3H3,(H2,18,19,20,22). The van der Waals surface area contributed by atoms with Gasteiger partial charge < -0.3 is 10.1 Å². The van der Waals surface area contributed by atoms with Crippen molar-refractivity contribution in [2.45, 2.75) is 13.8 Å². The van der Waals surface area contributed by atoms with Crippen LogP contribution in [0.25, 0.3) is 0 Å². The van der Waals surface area contributed by atoms with Crippen LogP contribution in [-0.4, -0.2) is 18.1 Å². The van der Waals surface area contributed by atoms with E-state index in [0.29, 0.717) is 11.3 Å². The smallest absolute Gasteiger partial charge is 0.257 e. The van der Waals surface area contributed by atoms with Crippen LogP contribution >= 0.6 is 12.2 Å². The van der Waals surface area contributed by atoms with E-state index >= 15 is 0 Å². The van der Waals surface area contributed by atoms with E-state index in [4.69, 9.17) is 17.0 Å². The van der Waals surface area contributed by atoms with Crippen LogP contribution in [0.15, 0.2) is 42.5 Å². The highest BCUT2D eigenvalue weighted by Gasteiger charge is 2.09. The van der Waals surface area contributed by atoms with Crippen LogP contribution in [0.3, 0.4) is 0 Å². The lowest BCUT2D eigenvalue weighted by molar-refractivity contribution is 0.0977. The Kier molecular flexibility index (Phi) is 5.12. The van der Waals surface area contributed by atoms with Gasteiger partial charge in [0.15, 0.2) is 5.11 Å². The Morgan fingerprint density at radius 2 is 1.86 bits per heavy atom. The predicted molar refractivity (Wildman–Crippen MR) is 92.6 cm³/mol. The van der Waals surface area contributed by atoms with Gasteiger partial charge in [0.1, 0.15) is 5.75 Å². The summed E-state index contributed by atoms with van der Waals surface area (Å²) in [4.78, 5) is 12.2. The van der Waals surface area contributed by atoms with Gasteiger partial charge in [-0.15, -0.1) is 0 Å². The lowest BCUT2D eigenvalue weighted by atomic mass is 10.1. The van der Waals surface area contributed by atoms with Gasteiger partial charge in [0.2, 0.25) is 0 Å². The quantitative estimate of drug-likeness (QED) is 0.852. The fraction of sp³-hybridized carbons (Fsp3) is 0.176. The third-order valence-electron chi connectivity index (χ3n) is 3.32. The van der Waals surface area contributed by atoms with Gasteiger partial charge in [0.05, 0.1) is 7.11 Å². The molecular weight excluding hydrogens is 296 g/mol. The Hall–Kier alpha value is -2.40. The van der Waals surface area contributed by atoms with Crippen molar-refractivity contribution < 1.29 is 9.53 Å². The first-order valence-electron chi connectivity index (χ1n) is 6.83. The van der Waals surface area contributed by atoms with E-state index in [2.05, 4.69) is 10.6 Å². The second-order valence-corrected chi connectivity index (χ2v) is 5.35. The summed E-state index contributed by atoms with van der Waals surface area (Å²) in [6, 6.07) is 12.9. The number of hydrogen-bond donors (Lipinski definition) is 2. The highest BCUT2D eigenvalue weighted by molar-refractivity contribution is 7.80. The van der Waals surface area contributed by atoms with Crippen LogP contribution in [0, 0.1) is 13.8 Å². The molecule has 0 aromatic heterocycles. The van der Waals surface area contributed by atoms with Crippen molar-refractivity contribution in [2.75, 3.05) is 12.4 Å². The number of benzene rings is 2. The number of ether oxygens (including phenoxy) is 1. The summed E-state index contributed by atoms with van der Waals surface area (Å²) >= 11 is 5.17. The number of methoxy groups -OCH3 is 1.